The van der Waals surface area contributed by atoms with Crippen LogP contribution in [0.3, 0.4) is 0 Å². The number of aryl methyl sites for hydroxylation is 1. The molecule has 1 rings (SSSR count). The fourth-order valence-corrected chi connectivity index (χ4v) is 1.62. The number of hydrogen-bond donors (Lipinski definition) is 2. The van der Waals surface area contributed by atoms with Gasteiger partial charge in [-0.05, 0) is 51.1 Å². The summed E-state index contributed by atoms with van der Waals surface area (Å²) >= 11 is 0. The molecule has 94 valence electrons. The molecule has 0 saturated carbocycles. The molecule has 0 aliphatic rings. The van der Waals surface area contributed by atoms with E-state index < -0.39 is 5.54 Å². The van der Waals surface area contributed by atoms with Crippen LogP contribution < -0.4 is 10.6 Å². The first-order valence-electron chi connectivity index (χ1n) is 5.69. The van der Waals surface area contributed by atoms with E-state index >= 15 is 0 Å². The standard InChI is InChI=1S/C13H19FN2O/c1-5-15-13(3,4)12(17)16-11-7-9(2)6-10(14)8-11/h6-8,15H,5H2,1-4H3,(H,16,17). The summed E-state index contributed by atoms with van der Waals surface area (Å²) < 4.78 is 13.2. The molecule has 4 heteroatoms. The van der Waals surface area contributed by atoms with E-state index in [-0.39, 0.29) is 11.7 Å². The van der Waals surface area contributed by atoms with E-state index in [1.54, 1.807) is 26.8 Å². The smallest absolute Gasteiger partial charge is 0.244 e. The molecule has 0 unspecified atom stereocenters. The van der Waals surface area contributed by atoms with Gasteiger partial charge < -0.3 is 10.6 Å². The van der Waals surface area contributed by atoms with E-state index in [1.807, 2.05) is 6.92 Å². The Hall–Kier alpha value is -1.42. The average Bonchev–Trinajstić information content (AvgIpc) is 2.15. The first-order chi connectivity index (χ1) is 7.85. The van der Waals surface area contributed by atoms with Crippen molar-refractivity contribution in [2.75, 3.05) is 11.9 Å². The first kappa shape index (κ1) is 13.6. The second-order valence-electron chi connectivity index (χ2n) is 4.63. The van der Waals surface area contributed by atoms with E-state index in [2.05, 4.69) is 10.6 Å². The highest BCUT2D eigenvalue weighted by molar-refractivity contribution is 5.97. The second-order valence-corrected chi connectivity index (χ2v) is 4.63. The van der Waals surface area contributed by atoms with Crippen LogP contribution in [0.4, 0.5) is 10.1 Å². The summed E-state index contributed by atoms with van der Waals surface area (Å²) in [6, 6.07) is 4.47. The van der Waals surface area contributed by atoms with Crippen LogP contribution in [-0.4, -0.2) is 18.0 Å². The highest BCUT2D eigenvalue weighted by atomic mass is 19.1. The number of rotatable bonds is 4. The third-order valence-corrected chi connectivity index (χ3v) is 2.49. The lowest BCUT2D eigenvalue weighted by Gasteiger charge is -2.24. The predicted octanol–water partition coefficient (Wildman–Crippen LogP) is 2.46. The number of halogens is 1. The van der Waals surface area contributed by atoms with E-state index in [0.29, 0.717) is 12.2 Å². The lowest BCUT2D eigenvalue weighted by molar-refractivity contribution is -0.121. The van der Waals surface area contributed by atoms with Crippen LogP contribution >= 0.6 is 0 Å². The molecule has 0 bridgehead atoms. The summed E-state index contributed by atoms with van der Waals surface area (Å²) in [5, 5.41) is 5.77. The zero-order valence-electron chi connectivity index (χ0n) is 10.7. The van der Waals surface area contributed by atoms with Crippen molar-refractivity contribution in [1.29, 1.82) is 0 Å². The normalized spacial score (nSPS) is 11.4. The molecule has 1 aromatic carbocycles. The number of carbonyl (C=O) groups excluding carboxylic acids is 1. The van der Waals surface area contributed by atoms with Gasteiger partial charge in [-0.2, -0.15) is 0 Å². The van der Waals surface area contributed by atoms with Gasteiger partial charge in [0.25, 0.3) is 0 Å². The van der Waals surface area contributed by atoms with Gasteiger partial charge in [-0.3, -0.25) is 4.79 Å². The minimum absolute atomic E-state index is 0.177. The van der Waals surface area contributed by atoms with Gasteiger partial charge in [0.05, 0.1) is 5.54 Å². The van der Waals surface area contributed by atoms with Crippen LogP contribution in [0.15, 0.2) is 18.2 Å². The van der Waals surface area contributed by atoms with Crippen LogP contribution in [-0.2, 0) is 4.79 Å². The van der Waals surface area contributed by atoms with Crippen LogP contribution in [0.5, 0.6) is 0 Å². The summed E-state index contributed by atoms with van der Waals surface area (Å²) in [5.41, 5.74) is 0.592. The van der Waals surface area contributed by atoms with Gasteiger partial charge in [-0.25, -0.2) is 4.39 Å². The second kappa shape index (κ2) is 5.27. The number of nitrogens with one attached hydrogen (secondary N) is 2. The fraction of sp³-hybridized carbons (Fsp3) is 0.462. The summed E-state index contributed by atoms with van der Waals surface area (Å²) in [6.45, 7) is 7.99. The maximum absolute atomic E-state index is 13.2. The largest absolute Gasteiger partial charge is 0.324 e. The third-order valence-electron chi connectivity index (χ3n) is 2.49. The number of likely N-dealkylation sites (N-methyl/N-ethyl adjacent to an activating group) is 1. The molecule has 17 heavy (non-hydrogen) atoms. The van der Waals surface area contributed by atoms with E-state index in [4.69, 9.17) is 0 Å². The number of hydrogen-bond acceptors (Lipinski definition) is 2. The van der Waals surface area contributed by atoms with Gasteiger partial charge in [0.15, 0.2) is 0 Å². The Labute approximate surface area is 101 Å². The number of carbonyl (C=O) groups is 1. The Morgan fingerprint density at radius 1 is 1.35 bits per heavy atom. The van der Waals surface area contributed by atoms with Crippen molar-refractivity contribution in [3.63, 3.8) is 0 Å². The highest BCUT2D eigenvalue weighted by Crippen LogP contribution is 2.15. The summed E-state index contributed by atoms with van der Waals surface area (Å²) in [4.78, 5) is 12.0. The lowest BCUT2D eigenvalue weighted by Crippen LogP contribution is -2.49. The molecule has 0 spiro atoms. The zero-order valence-corrected chi connectivity index (χ0v) is 10.7. The van der Waals surface area contributed by atoms with Crippen LogP contribution in [0.1, 0.15) is 26.3 Å². The number of anilines is 1. The molecule has 3 nitrogen and oxygen atoms in total. The maximum Gasteiger partial charge on any atom is 0.244 e. The Morgan fingerprint density at radius 2 is 2.00 bits per heavy atom. The van der Waals surface area contributed by atoms with Crippen molar-refractivity contribution in [1.82, 2.24) is 5.32 Å². The van der Waals surface area contributed by atoms with E-state index in [9.17, 15) is 9.18 Å². The number of amides is 1. The molecule has 0 aliphatic carbocycles. The van der Waals surface area contributed by atoms with Gasteiger partial charge in [0.1, 0.15) is 5.82 Å². The van der Waals surface area contributed by atoms with E-state index in [0.717, 1.165) is 5.56 Å². The molecule has 1 aromatic rings. The molecule has 0 saturated heterocycles. The van der Waals surface area contributed by atoms with Gasteiger partial charge in [0.2, 0.25) is 5.91 Å². The first-order valence-corrected chi connectivity index (χ1v) is 5.69. The van der Waals surface area contributed by atoms with Gasteiger partial charge in [-0.1, -0.05) is 6.92 Å². The van der Waals surface area contributed by atoms with Crippen molar-refractivity contribution in [3.05, 3.63) is 29.6 Å². The van der Waals surface area contributed by atoms with Crippen molar-refractivity contribution in [2.24, 2.45) is 0 Å². The van der Waals surface area contributed by atoms with Gasteiger partial charge in [0, 0.05) is 5.69 Å². The topological polar surface area (TPSA) is 41.1 Å². The summed E-state index contributed by atoms with van der Waals surface area (Å²) in [7, 11) is 0. The molecule has 0 fully saturated rings. The van der Waals surface area contributed by atoms with E-state index in [1.165, 1.54) is 12.1 Å². The quantitative estimate of drug-likeness (QED) is 0.846. The zero-order chi connectivity index (χ0) is 13.1. The predicted molar refractivity (Wildman–Crippen MR) is 67.5 cm³/mol. The summed E-state index contributed by atoms with van der Waals surface area (Å²) in [6.07, 6.45) is 0. The van der Waals surface area contributed by atoms with Crippen LogP contribution in [0.2, 0.25) is 0 Å². The van der Waals surface area contributed by atoms with Crippen molar-refractivity contribution < 1.29 is 9.18 Å². The van der Waals surface area contributed by atoms with Crippen molar-refractivity contribution >= 4 is 11.6 Å². The van der Waals surface area contributed by atoms with Gasteiger partial charge in [-0.15, -0.1) is 0 Å². The molecular weight excluding hydrogens is 219 g/mol. The van der Waals surface area contributed by atoms with Crippen LogP contribution in [0.25, 0.3) is 0 Å². The molecule has 0 aliphatic heterocycles. The highest BCUT2D eigenvalue weighted by Gasteiger charge is 2.26. The molecule has 1 amide bonds. The average molecular weight is 238 g/mol. The number of benzene rings is 1. The SMILES string of the molecule is CCNC(C)(C)C(=O)Nc1cc(C)cc(F)c1. The molecule has 0 atom stereocenters. The Balaban J connectivity index is 2.80. The molecule has 2 N–H and O–H groups in total. The Morgan fingerprint density at radius 3 is 2.53 bits per heavy atom. The molecular formula is C13H19FN2O. The molecule has 0 heterocycles. The lowest BCUT2D eigenvalue weighted by atomic mass is 10.0. The van der Waals surface area contributed by atoms with Gasteiger partial charge >= 0.3 is 0 Å². The van der Waals surface area contributed by atoms with Crippen molar-refractivity contribution in [2.45, 2.75) is 33.2 Å². The monoisotopic (exact) mass is 238 g/mol. The third kappa shape index (κ3) is 3.82. The minimum Gasteiger partial charge on any atom is -0.324 e. The van der Waals surface area contributed by atoms with Crippen molar-refractivity contribution in [3.8, 4) is 0 Å². The Bertz CT molecular complexity index is 396. The van der Waals surface area contributed by atoms with Crippen LogP contribution in [0, 0.1) is 12.7 Å². The maximum atomic E-state index is 13.2. The summed E-state index contributed by atoms with van der Waals surface area (Å²) in [5.74, 6) is -0.522. The Kier molecular flexibility index (Phi) is 4.23. The fourth-order valence-electron chi connectivity index (χ4n) is 1.62. The molecule has 0 radical (unpaired) electrons. The molecule has 0 aromatic heterocycles. The minimum atomic E-state index is -0.672.